The first kappa shape index (κ1) is 11.8. The van der Waals surface area contributed by atoms with Gasteiger partial charge in [0.25, 0.3) is 0 Å². The number of nitrogens with zero attached hydrogens (tertiary/aromatic N) is 3. The smallest absolute Gasteiger partial charge is 0.201 e. The predicted octanol–water partition coefficient (Wildman–Crippen LogP) is 2.41. The highest BCUT2D eigenvalue weighted by atomic mass is 32.2. The lowest BCUT2D eigenvalue weighted by molar-refractivity contribution is 0.637. The molecule has 0 fully saturated rings. The Labute approximate surface area is 104 Å². The van der Waals surface area contributed by atoms with Crippen LogP contribution in [0.4, 0.5) is 5.95 Å². The highest BCUT2D eigenvalue weighted by Gasteiger charge is 2.15. The molecule has 0 bridgehead atoms. The molecule has 1 unspecified atom stereocenters. The first-order valence-corrected chi connectivity index (χ1v) is 6.74. The van der Waals surface area contributed by atoms with Crippen LogP contribution < -0.4 is 5.73 Å². The third-order valence-electron chi connectivity index (χ3n) is 2.72. The van der Waals surface area contributed by atoms with E-state index in [1.807, 2.05) is 16.7 Å². The number of hydrogen-bond acceptors (Lipinski definition) is 4. The van der Waals surface area contributed by atoms with E-state index < -0.39 is 0 Å². The normalized spacial score (nSPS) is 12.5. The van der Waals surface area contributed by atoms with Crippen LogP contribution in [-0.4, -0.2) is 21.6 Å². The maximum Gasteiger partial charge on any atom is 0.201 e. The first-order valence-electron chi connectivity index (χ1n) is 5.34. The molecule has 0 aliphatic rings. The zero-order chi connectivity index (χ0) is 12.4. The molecule has 1 heterocycles. The van der Waals surface area contributed by atoms with Gasteiger partial charge in [-0.1, -0.05) is 6.07 Å². The summed E-state index contributed by atoms with van der Waals surface area (Å²) in [5, 5.41) is 9.03. The van der Waals surface area contributed by atoms with E-state index >= 15 is 0 Å². The molecule has 4 nitrogen and oxygen atoms in total. The largest absolute Gasteiger partial charge is 0.369 e. The SMILES string of the molecule is CSCC(C)n1c(N)nc2c(C#N)cccc21. The van der Waals surface area contributed by atoms with Crippen LogP contribution in [0.25, 0.3) is 11.0 Å². The van der Waals surface area contributed by atoms with Crippen molar-refractivity contribution in [2.24, 2.45) is 0 Å². The van der Waals surface area contributed by atoms with Gasteiger partial charge >= 0.3 is 0 Å². The van der Waals surface area contributed by atoms with Crippen LogP contribution in [0.15, 0.2) is 18.2 Å². The Balaban J connectivity index is 2.65. The van der Waals surface area contributed by atoms with Gasteiger partial charge in [0.1, 0.15) is 11.6 Å². The van der Waals surface area contributed by atoms with E-state index in [0.29, 0.717) is 17.0 Å². The van der Waals surface area contributed by atoms with Crippen LogP contribution in [0.2, 0.25) is 0 Å². The number of para-hydroxylation sites is 1. The summed E-state index contributed by atoms with van der Waals surface area (Å²) < 4.78 is 1.99. The lowest BCUT2D eigenvalue weighted by Gasteiger charge is -2.14. The van der Waals surface area contributed by atoms with Crippen molar-refractivity contribution in [1.82, 2.24) is 9.55 Å². The second-order valence-corrected chi connectivity index (χ2v) is 4.84. The van der Waals surface area contributed by atoms with Crippen molar-refractivity contribution in [3.05, 3.63) is 23.8 Å². The highest BCUT2D eigenvalue weighted by Crippen LogP contribution is 2.26. The molecule has 0 saturated heterocycles. The van der Waals surface area contributed by atoms with E-state index in [2.05, 4.69) is 24.2 Å². The molecule has 0 aliphatic carbocycles. The van der Waals surface area contributed by atoms with Crippen LogP contribution >= 0.6 is 11.8 Å². The van der Waals surface area contributed by atoms with Crippen LogP contribution in [0, 0.1) is 11.3 Å². The Bertz CT molecular complexity index is 582. The van der Waals surface area contributed by atoms with Crippen molar-refractivity contribution in [2.45, 2.75) is 13.0 Å². The van der Waals surface area contributed by atoms with Crippen LogP contribution in [-0.2, 0) is 0 Å². The van der Waals surface area contributed by atoms with Gasteiger partial charge in [-0.2, -0.15) is 17.0 Å². The minimum Gasteiger partial charge on any atom is -0.369 e. The minimum atomic E-state index is 0.268. The van der Waals surface area contributed by atoms with E-state index in [1.165, 1.54) is 0 Å². The molecule has 1 atom stereocenters. The van der Waals surface area contributed by atoms with Gasteiger partial charge in [0.15, 0.2) is 0 Å². The minimum absolute atomic E-state index is 0.268. The Morgan fingerprint density at radius 3 is 3.00 bits per heavy atom. The molecule has 0 aliphatic heterocycles. The molecule has 2 N–H and O–H groups in total. The van der Waals surface area contributed by atoms with Crippen LogP contribution in [0.3, 0.4) is 0 Å². The van der Waals surface area contributed by atoms with Crippen molar-refractivity contribution in [1.29, 1.82) is 5.26 Å². The van der Waals surface area contributed by atoms with Crippen molar-refractivity contribution >= 4 is 28.7 Å². The zero-order valence-electron chi connectivity index (χ0n) is 9.84. The lowest BCUT2D eigenvalue weighted by atomic mass is 10.2. The number of aromatic nitrogens is 2. The summed E-state index contributed by atoms with van der Waals surface area (Å²) in [4.78, 5) is 4.30. The van der Waals surface area contributed by atoms with E-state index in [1.54, 1.807) is 17.8 Å². The molecule has 1 aromatic carbocycles. The molecule has 1 aromatic heterocycles. The average Bonchev–Trinajstić information content (AvgIpc) is 2.65. The predicted molar refractivity (Wildman–Crippen MR) is 72.0 cm³/mol. The number of anilines is 1. The van der Waals surface area contributed by atoms with Crippen LogP contribution in [0.1, 0.15) is 18.5 Å². The van der Waals surface area contributed by atoms with Crippen molar-refractivity contribution in [3.8, 4) is 6.07 Å². The van der Waals surface area contributed by atoms with Gasteiger partial charge in [-0.15, -0.1) is 0 Å². The van der Waals surface area contributed by atoms with E-state index in [-0.39, 0.29) is 6.04 Å². The lowest BCUT2D eigenvalue weighted by Crippen LogP contribution is -2.10. The molecular formula is C12H14N4S. The number of benzene rings is 1. The van der Waals surface area contributed by atoms with Gasteiger partial charge in [0, 0.05) is 11.8 Å². The number of nitriles is 1. The number of imidazole rings is 1. The molecule has 2 rings (SSSR count). The molecular weight excluding hydrogens is 232 g/mol. The maximum absolute atomic E-state index is 9.03. The summed E-state index contributed by atoms with van der Waals surface area (Å²) in [5.74, 6) is 1.44. The molecule has 0 amide bonds. The topological polar surface area (TPSA) is 67.6 Å². The monoisotopic (exact) mass is 246 g/mol. The van der Waals surface area contributed by atoms with Gasteiger partial charge in [0.05, 0.1) is 11.1 Å². The molecule has 0 spiro atoms. The number of fused-ring (bicyclic) bond motifs is 1. The van der Waals surface area contributed by atoms with E-state index in [9.17, 15) is 0 Å². The maximum atomic E-state index is 9.03. The third-order valence-corrected chi connectivity index (χ3v) is 3.53. The number of rotatable bonds is 3. The van der Waals surface area contributed by atoms with E-state index in [4.69, 9.17) is 11.0 Å². The van der Waals surface area contributed by atoms with Crippen molar-refractivity contribution < 1.29 is 0 Å². The third kappa shape index (κ3) is 1.96. The van der Waals surface area contributed by atoms with Crippen LogP contribution in [0.5, 0.6) is 0 Å². The number of nitrogens with two attached hydrogens (primary N) is 1. The summed E-state index contributed by atoms with van der Waals surface area (Å²) in [6.07, 6.45) is 2.06. The highest BCUT2D eigenvalue weighted by molar-refractivity contribution is 7.98. The Morgan fingerprint density at radius 1 is 1.59 bits per heavy atom. The number of thioether (sulfide) groups is 1. The molecule has 17 heavy (non-hydrogen) atoms. The number of nitrogen functional groups attached to an aromatic ring is 1. The summed E-state index contributed by atoms with van der Waals surface area (Å²) >= 11 is 1.77. The summed E-state index contributed by atoms with van der Waals surface area (Å²) in [7, 11) is 0. The summed E-state index contributed by atoms with van der Waals surface area (Å²) in [6, 6.07) is 7.99. The van der Waals surface area contributed by atoms with Gasteiger partial charge in [-0.3, -0.25) is 0 Å². The molecule has 2 aromatic rings. The van der Waals surface area contributed by atoms with Crippen molar-refractivity contribution in [3.63, 3.8) is 0 Å². The Morgan fingerprint density at radius 2 is 2.35 bits per heavy atom. The van der Waals surface area contributed by atoms with Gasteiger partial charge in [-0.05, 0) is 25.3 Å². The van der Waals surface area contributed by atoms with Gasteiger partial charge in [-0.25, -0.2) is 4.98 Å². The molecule has 5 heteroatoms. The first-order chi connectivity index (χ1) is 8.19. The second kappa shape index (κ2) is 4.68. The fourth-order valence-corrected chi connectivity index (χ4v) is 2.64. The second-order valence-electron chi connectivity index (χ2n) is 3.93. The average molecular weight is 246 g/mol. The fourth-order valence-electron chi connectivity index (χ4n) is 2.00. The Hall–Kier alpha value is -1.67. The molecule has 88 valence electrons. The van der Waals surface area contributed by atoms with Crippen molar-refractivity contribution in [2.75, 3.05) is 17.7 Å². The van der Waals surface area contributed by atoms with Gasteiger partial charge < -0.3 is 10.3 Å². The quantitative estimate of drug-likeness (QED) is 0.903. The Kier molecular flexibility index (Phi) is 3.25. The van der Waals surface area contributed by atoms with Gasteiger partial charge in [0.2, 0.25) is 5.95 Å². The van der Waals surface area contributed by atoms with E-state index in [0.717, 1.165) is 11.3 Å². The molecule has 0 radical (unpaired) electrons. The zero-order valence-corrected chi connectivity index (χ0v) is 10.7. The standard InChI is InChI=1S/C12H14N4S/c1-8(7-17-2)16-10-5-3-4-9(6-13)11(10)15-12(16)14/h3-5,8H,7H2,1-2H3,(H2,14,15). The molecule has 0 saturated carbocycles. The summed E-state index contributed by atoms with van der Waals surface area (Å²) in [6.45, 7) is 2.10. The number of hydrogen-bond donors (Lipinski definition) is 1. The summed E-state index contributed by atoms with van der Waals surface area (Å²) in [5.41, 5.74) is 8.14. The fraction of sp³-hybridized carbons (Fsp3) is 0.333.